The number of nitrogens with two attached hydrogens (primary N) is 1. The average molecular weight is 372 g/mol. The van der Waals surface area contributed by atoms with Gasteiger partial charge in [-0.2, -0.15) is 0 Å². The first-order chi connectivity index (χ1) is 12.1. The maximum absolute atomic E-state index is 10.8. The summed E-state index contributed by atoms with van der Waals surface area (Å²) in [5, 5.41) is 11.1. The third-order valence-electron chi connectivity index (χ3n) is 4.51. The minimum atomic E-state index is -0.406. The molecule has 0 aliphatic rings. The van der Waals surface area contributed by atoms with Crippen LogP contribution in [0.2, 0.25) is 0 Å². The monoisotopic (exact) mass is 371 g/mol. The quantitative estimate of drug-likeness (QED) is 0.468. The topological polar surface area (TPSA) is 72.4 Å². The van der Waals surface area contributed by atoms with Gasteiger partial charge in [0.25, 0.3) is 5.69 Å². The molecule has 26 heavy (non-hydrogen) atoms. The molecule has 0 saturated heterocycles. The summed E-state index contributed by atoms with van der Waals surface area (Å²) in [6, 6.07) is 14.9. The van der Waals surface area contributed by atoms with Crippen molar-refractivity contribution in [2.45, 2.75) is 45.7 Å². The van der Waals surface area contributed by atoms with Gasteiger partial charge in [0.15, 0.2) is 5.11 Å². The molecule has 0 saturated carbocycles. The molecule has 5 nitrogen and oxygen atoms in total. The lowest BCUT2D eigenvalue weighted by atomic mass is 9.86. The van der Waals surface area contributed by atoms with E-state index < -0.39 is 4.92 Å². The van der Waals surface area contributed by atoms with Crippen molar-refractivity contribution in [2.24, 2.45) is 5.73 Å². The van der Waals surface area contributed by atoms with Gasteiger partial charge < -0.3 is 10.6 Å². The fourth-order valence-electron chi connectivity index (χ4n) is 2.77. The van der Waals surface area contributed by atoms with Crippen LogP contribution in [0, 0.1) is 10.1 Å². The average Bonchev–Trinajstić information content (AvgIpc) is 2.58. The van der Waals surface area contributed by atoms with Crippen LogP contribution in [-0.2, 0) is 12.0 Å². The standard InChI is InChI=1S/C20H25N3O2S/c1-14(16-7-11-18(12-8-16)23(24)25)22(19(21)26)13-15-5-9-17(10-6-15)20(2,3)4/h5-12,14H,13H2,1-4H3,(H2,21,26). The smallest absolute Gasteiger partial charge is 0.269 e. The van der Waals surface area contributed by atoms with Crippen LogP contribution >= 0.6 is 12.2 Å². The SMILES string of the molecule is CC(c1ccc([N+](=O)[O-])cc1)N(Cc1ccc(C(C)(C)C)cc1)C(N)=S. The molecule has 0 fully saturated rings. The summed E-state index contributed by atoms with van der Waals surface area (Å²) in [6.07, 6.45) is 0. The van der Waals surface area contributed by atoms with E-state index in [9.17, 15) is 10.1 Å². The summed E-state index contributed by atoms with van der Waals surface area (Å²) in [5.41, 5.74) is 9.43. The maximum Gasteiger partial charge on any atom is 0.269 e. The Hall–Kier alpha value is -2.47. The zero-order chi connectivity index (χ0) is 19.5. The van der Waals surface area contributed by atoms with Crippen molar-refractivity contribution in [1.29, 1.82) is 0 Å². The summed E-state index contributed by atoms with van der Waals surface area (Å²) in [7, 11) is 0. The molecule has 0 radical (unpaired) electrons. The van der Waals surface area contributed by atoms with Crippen molar-refractivity contribution in [1.82, 2.24) is 4.90 Å². The molecule has 2 N–H and O–H groups in total. The van der Waals surface area contributed by atoms with Crippen molar-refractivity contribution >= 4 is 23.0 Å². The molecule has 138 valence electrons. The zero-order valence-electron chi connectivity index (χ0n) is 15.6. The molecular formula is C20H25N3O2S. The van der Waals surface area contributed by atoms with Crippen molar-refractivity contribution in [3.63, 3.8) is 0 Å². The lowest BCUT2D eigenvalue weighted by Crippen LogP contribution is -2.37. The predicted octanol–water partition coefficient (Wildman–Crippen LogP) is 4.70. The molecule has 0 spiro atoms. The fourth-order valence-corrected chi connectivity index (χ4v) is 2.99. The molecule has 0 heterocycles. The van der Waals surface area contributed by atoms with Crippen molar-refractivity contribution in [2.75, 3.05) is 0 Å². The van der Waals surface area contributed by atoms with Gasteiger partial charge in [0.1, 0.15) is 0 Å². The summed E-state index contributed by atoms with van der Waals surface area (Å²) in [5.74, 6) is 0. The summed E-state index contributed by atoms with van der Waals surface area (Å²) >= 11 is 5.24. The molecule has 0 bridgehead atoms. The molecule has 0 amide bonds. The molecule has 6 heteroatoms. The van der Waals surface area contributed by atoms with Crippen molar-refractivity contribution in [3.8, 4) is 0 Å². The van der Waals surface area contributed by atoms with E-state index in [1.54, 1.807) is 12.1 Å². The van der Waals surface area contributed by atoms with E-state index in [2.05, 4.69) is 45.0 Å². The second-order valence-electron chi connectivity index (χ2n) is 7.44. The maximum atomic E-state index is 10.8. The third kappa shape index (κ3) is 4.79. The van der Waals surface area contributed by atoms with Crippen molar-refractivity contribution < 1.29 is 4.92 Å². The lowest BCUT2D eigenvalue weighted by Gasteiger charge is -2.30. The second-order valence-corrected chi connectivity index (χ2v) is 7.86. The van der Waals surface area contributed by atoms with Crippen LogP contribution in [0.5, 0.6) is 0 Å². The Morgan fingerprint density at radius 2 is 1.69 bits per heavy atom. The molecule has 2 aromatic carbocycles. The van der Waals surface area contributed by atoms with Crippen LogP contribution in [0.25, 0.3) is 0 Å². The highest BCUT2D eigenvalue weighted by atomic mass is 32.1. The number of non-ortho nitro benzene ring substituents is 1. The van der Waals surface area contributed by atoms with Crippen LogP contribution in [0.15, 0.2) is 48.5 Å². The van der Waals surface area contributed by atoms with Gasteiger partial charge in [0.2, 0.25) is 0 Å². The number of rotatable bonds is 5. The summed E-state index contributed by atoms with van der Waals surface area (Å²) < 4.78 is 0. The Balaban J connectivity index is 2.20. The number of nitrogens with zero attached hydrogens (tertiary/aromatic N) is 2. The number of nitro groups is 1. The molecular weight excluding hydrogens is 346 g/mol. The minimum absolute atomic E-state index is 0.0700. The van der Waals surface area contributed by atoms with Gasteiger partial charge in [-0.3, -0.25) is 10.1 Å². The largest absolute Gasteiger partial charge is 0.376 e. The van der Waals surface area contributed by atoms with Gasteiger partial charge >= 0.3 is 0 Å². The predicted molar refractivity (Wildman–Crippen MR) is 109 cm³/mol. The van der Waals surface area contributed by atoms with Crippen LogP contribution in [-0.4, -0.2) is 14.9 Å². The van der Waals surface area contributed by atoms with Crippen LogP contribution in [0.1, 0.15) is 50.4 Å². The highest BCUT2D eigenvalue weighted by Crippen LogP contribution is 2.26. The van der Waals surface area contributed by atoms with E-state index in [0.29, 0.717) is 11.7 Å². The van der Waals surface area contributed by atoms with Gasteiger partial charge in [0, 0.05) is 18.7 Å². The molecule has 1 atom stereocenters. The van der Waals surface area contributed by atoms with Gasteiger partial charge in [-0.25, -0.2) is 0 Å². The van der Waals surface area contributed by atoms with Gasteiger partial charge in [-0.15, -0.1) is 0 Å². The Kier molecular flexibility index (Phi) is 5.97. The third-order valence-corrected chi connectivity index (χ3v) is 4.74. The molecule has 1 unspecified atom stereocenters. The van der Waals surface area contributed by atoms with Gasteiger partial charge in [-0.05, 0) is 41.2 Å². The van der Waals surface area contributed by atoms with E-state index in [4.69, 9.17) is 18.0 Å². The minimum Gasteiger partial charge on any atom is -0.376 e. The molecule has 0 aliphatic carbocycles. The number of benzene rings is 2. The Morgan fingerprint density at radius 1 is 1.15 bits per heavy atom. The Labute approximate surface area is 160 Å². The van der Waals surface area contributed by atoms with Gasteiger partial charge in [0.05, 0.1) is 11.0 Å². The summed E-state index contributed by atoms with van der Waals surface area (Å²) in [6.45, 7) is 9.11. The lowest BCUT2D eigenvalue weighted by molar-refractivity contribution is -0.384. The van der Waals surface area contributed by atoms with E-state index in [1.807, 2.05) is 11.8 Å². The number of nitro benzene ring substituents is 1. The van der Waals surface area contributed by atoms with Crippen LogP contribution < -0.4 is 5.73 Å². The van der Waals surface area contributed by atoms with E-state index >= 15 is 0 Å². The van der Waals surface area contributed by atoms with Crippen molar-refractivity contribution in [3.05, 3.63) is 75.3 Å². The molecule has 0 aliphatic heterocycles. The Morgan fingerprint density at radius 3 is 2.12 bits per heavy atom. The molecule has 0 aromatic heterocycles. The number of hydrogen-bond acceptors (Lipinski definition) is 3. The van der Waals surface area contributed by atoms with E-state index in [0.717, 1.165) is 11.1 Å². The first-order valence-electron chi connectivity index (χ1n) is 8.49. The molecule has 2 aromatic rings. The number of thiocarbonyl (C=S) groups is 1. The highest BCUT2D eigenvalue weighted by Gasteiger charge is 2.19. The normalized spacial score (nSPS) is 12.5. The Bertz CT molecular complexity index is 780. The van der Waals surface area contributed by atoms with E-state index in [1.165, 1.54) is 17.7 Å². The first-order valence-corrected chi connectivity index (χ1v) is 8.90. The van der Waals surface area contributed by atoms with E-state index in [-0.39, 0.29) is 17.1 Å². The summed E-state index contributed by atoms with van der Waals surface area (Å²) in [4.78, 5) is 12.3. The zero-order valence-corrected chi connectivity index (χ0v) is 16.4. The van der Waals surface area contributed by atoms with Crippen LogP contribution in [0.4, 0.5) is 5.69 Å². The first kappa shape index (κ1) is 19.8. The number of hydrogen-bond donors (Lipinski definition) is 1. The van der Waals surface area contributed by atoms with Gasteiger partial charge in [-0.1, -0.05) is 57.2 Å². The fraction of sp³-hybridized carbons (Fsp3) is 0.350. The van der Waals surface area contributed by atoms with Crippen LogP contribution in [0.3, 0.4) is 0 Å². The molecule has 2 rings (SSSR count). The second kappa shape index (κ2) is 7.83. The highest BCUT2D eigenvalue weighted by molar-refractivity contribution is 7.80.